The summed E-state index contributed by atoms with van der Waals surface area (Å²) < 4.78 is 0. The van der Waals surface area contributed by atoms with Crippen molar-refractivity contribution in [1.82, 2.24) is 19.9 Å². The molecule has 0 radical (unpaired) electrons. The van der Waals surface area contributed by atoms with Gasteiger partial charge in [-0.2, -0.15) is 0 Å². The van der Waals surface area contributed by atoms with Gasteiger partial charge in [0.1, 0.15) is 11.6 Å². The Balaban J connectivity index is 1.77. The van der Waals surface area contributed by atoms with Gasteiger partial charge >= 0.3 is 0 Å². The van der Waals surface area contributed by atoms with Crippen LogP contribution in [0, 0.1) is 13.8 Å². The van der Waals surface area contributed by atoms with Crippen molar-refractivity contribution >= 4 is 22.8 Å². The highest BCUT2D eigenvalue weighted by Gasteiger charge is 2.15. The van der Waals surface area contributed by atoms with Crippen LogP contribution < -0.4 is 4.90 Å². The maximum Gasteiger partial charge on any atom is 0.255 e. The van der Waals surface area contributed by atoms with Crippen molar-refractivity contribution in [1.29, 1.82) is 0 Å². The third-order valence-electron chi connectivity index (χ3n) is 4.33. The molecule has 2 heterocycles. The second-order valence-corrected chi connectivity index (χ2v) is 6.60. The highest BCUT2D eigenvalue weighted by molar-refractivity contribution is 5.93. The number of pyridine rings is 1. The Kier molecular flexibility index (Phi) is 4.44. The number of aromatic nitrogens is 3. The smallest absolute Gasteiger partial charge is 0.255 e. The summed E-state index contributed by atoms with van der Waals surface area (Å²) >= 11 is 0. The van der Waals surface area contributed by atoms with E-state index < -0.39 is 0 Å². The molecular formula is C19H23N5O. The first-order valence-corrected chi connectivity index (χ1v) is 8.20. The molecule has 130 valence electrons. The number of rotatable bonds is 4. The van der Waals surface area contributed by atoms with Gasteiger partial charge < -0.3 is 14.8 Å². The Hall–Kier alpha value is -2.89. The van der Waals surface area contributed by atoms with Gasteiger partial charge in [-0.05, 0) is 49.2 Å². The highest BCUT2D eigenvalue weighted by Crippen LogP contribution is 2.18. The lowest BCUT2D eigenvalue weighted by atomic mass is 10.1. The van der Waals surface area contributed by atoms with E-state index >= 15 is 0 Å². The largest absolute Gasteiger partial charge is 0.363 e. The summed E-state index contributed by atoms with van der Waals surface area (Å²) in [7, 11) is 5.60. The molecule has 0 aliphatic carbocycles. The quantitative estimate of drug-likeness (QED) is 0.795. The van der Waals surface area contributed by atoms with Gasteiger partial charge in [0.2, 0.25) is 0 Å². The predicted molar refractivity (Wildman–Crippen MR) is 99.9 cm³/mol. The maximum atomic E-state index is 12.6. The topological polar surface area (TPSA) is 65.1 Å². The van der Waals surface area contributed by atoms with Crippen molar-refractivity contribution < 1.29 is 4.79 Å². The summed E-state index contributed by atoms with van der Waals surface area (Å²) in [5, 5.41) is 0. The van der Waals surface area contributed by atoms with Crippen LogP contribution in [0.1, 0.15) is 27.3 Å². The van der Waals surface area contributed by atoms with E-state index in [1.54, 1.807) is 24.2 Å². The lowest BCUT2D eigenvalue weighted by Gasteiger charge is -2.16. The number of benzene rings is 1. The van der Waals surface area contributed by atoms with Crippen molar-refractivity contribution in [2.75, 3.05) is 26.0 Å². The minimum atomic E-state index is -0.0781. The van der Waals surface area contributed by atoms with Crippen LogP contribution in [-0.2, 0) is 6.54 Å². The summed E-state index contributed by atoms with van der Waals surface area (Å²) in [4.78, 5) is 28.3. The Labute approximate surface area is 147 Å². The zero-order chi connectivity index (χ0) is 18.1. The number of imidazole rings is 1. The van der Waals surface area contributed by atoms with Crippen LogP contribution in [0.25, 0.3) is 11.0 Å². The van der Waals surface area contributed by atoms with Crippen LogP contribution in [0.5, 0.6) is 0 Å². The molecule has 1 N–H and O–H groups in total. The minimum Gasteiger partial charge on any atom is -0.363 e. The Morgan fingerprint density at radius 2 is 1.84 bits per heavy atom. The Morgan fingerprint density at radius 1 is 1.12 bits per heavy atom. The van der Waals surface area contributed by atoms with Gasteiger partial charge in [-0.25, -0.2) is 9.97 Å². The van der Waals surface area contributed by atoms with Crippen LogP contribution in [-0.4, -0.2) is 46.9 Å². The average Bonchev–Trinajstić information content (AvgIpc) is 2.95. The molecule has 0 fully saturated rings. The first-order chi connectivity index (χ1) is 11.8. The number of aryl methyl sites for hydroxylation is 2. The zero-order valence-corrected chi connectivity index (χ0v) is 15.3. The summed E-state index contributed by atoms with van der Waals surface area (Å²) in [6.07, 6.45) is 1.61. The molecule has 0 unspecified atom stereocenters. The van der Waals surface area contributed by atoms with Crippen LogP contribution in [0.15, 0.2) is 30.5 Å². The number of fused-ring (bicyclic) bond motifs is 1. The van der Waals surface area contributed by atoms with E-state index in [0.29, 0.717) is 12.1 Å². The normalized spacial score (nSPS) is 10.9. The molecule has 25 heavy (non-hydrogen) atoms. The monoisotopic (exact) mass is 337 g/mol. The summed E-state index contributed by atoms with van der Waals surface area (Å²) in [5.41, 5.74) is 4.92. The molecule has 0 bridgehead atoms. The highest BCUT2D eigenvalue weighted by atomic mass is 16.2. The first-order valence-electron chi connectivity index (χ1n) is 8.20. The van der Waals surface area contributed by atoms with Gasteiger partial charge in [0.05, 0.1) is 23.1 Å². The van der Waals surface area contributed by atoms with Gasteiger partial charge in [0.15, 0.2) is 0 Å². The fourth-order valence-electron chi connectivity index (χ4n) is 2.69. The molecule has 3 rings (SSSR count). The minimum absolute atomic E-state index is 0.0781. The number of nitrogens with zero attached hydrogens (tertiary/aromatic N) is 4. The zero-order valence-electron chi connectivity index (χ0n) is 15.3. The Morgan fingerprint density at radius 3 is 2.48 bits per heavy atom. The molecule has 3 aromatic rings. The molecule has 1 amide bonds. The number of amides is 1. The van der Waals surface area contributed by atoms with Crippen molar-refractivity contribution in [3.05, 3.63) is 53.0 Å². The van der Waals surface area contributed by atoms with Gasteiger partial charge in [-0.15, -0.1) is 0 Å². The first kappa shape index (κ1) is 17.0. The fourth-order valence-corrected chi connectivity index (χ4v) is 2.69. The molecule has 0 aliphatic heterocycles. The van der Waals surface area contributed by atoms with E-state index in [4.69, 9.17) is 0 Å². The van der Waals surface area contributed by atoms with E-state index in [1.807, 2.05) is 25.1 Å². The number of hydrogen-bond acceptors (Lipinski definition) is 4. The van der Waals surface area contributed by atoms with Gasteiger partial charge in [-0.3, -0.25) is 4.79 Å². The number of nitrogens with one attached hydrogen (secondary N) is 1. The van der Waals surface area contributed by atoms with Crippen molar-refractivity contribution in [3.8, 4) is 0 Å². The Bertz CT molecular complexity index is 872. The third kappa shape index (κ3) is 3.47. The number of carbonyl (C=O) groups excluding carboxylic acids is 1. The molecule has 1 aromatic carbocycles. The summed E-state index contributed by atoms with van der Waals surface area (Å²) in [6, 6.07) is 7.80. The van der Waals surface area contributed by atoms with Gasteiger partial charge in [-0.1, -0.05) is 0 Å². The van der Waals surface area contributed by atoms with Crippen LogP contribution in [0.2, 0.25) is 0 Å². The van der Waals surface area contributed by atoms with E-state index in [1.165, 1.54) is 11.1 Å². The predicted octanol–water partition coefficient (Wildman–Crippen LogP) is 2.91. The molecule has 6 heteroatoms. The average molecular weight is 337 g/mol. The lowest BCUT2D eigenvalue weighted by Crippen LogP contribution is -2.27. The number of hydrogen-bond donors (Lipinski definition) is 1. The molecule has 0 saturated carbocycles. The third-order valence-corrected chi connectivity index (χ3v) is 4.33. The second-order valence-electron chi connectivity index (χ2n) is 6.60. The molecule has 0 atom stereocenters. The van der Waals surface area contributed by atoms with E-state index in [9.17, 15) is 4.79 Å². The van der Waals surface area contributed by atoms with E-state index in [0.717, 1.165) is 22.7 Å². The molecule has 0 saturated heterocycles. The summed E-state index contributed by atoms with van der Waals surface area (Å²) in [5.74, 6) is 1.52. The molecule has 0 aliphatic rings. The second kappa shape index (κ2) is 6.55. The summed E-state index contributed by atoms with van der Waals surface area (Å²) in [6.45, 7) is 4.57. The number of carbonyl (C=O) groups is 1. The van der Waals surface area contributed by atoms with E-state index in [2.05, 4.69) is 40.9 Å². The molecular weight excluding hydrogens is 314 g/mol. The van der Waals surface area contributed by atoms with Gasteiger partial charge in [0.25, 0.3) is 5.91 Å². The van der Waals surface area contributed by atoms with Crippen LogP contribution in [0.4, 0.5) is 5.82 Å². The standard InChI is InChI=1S/C19H23N5O/c1-12-8-15-16(9-13(12)2)22-17(21-15)11-24(5)19(25)14-6-7-18(20-10-14)23(3)4/h6-10H,11H2,1-5H3,(H,21,22). The van der Waals surface area contributed by atoms with E-state index in [-0.39, 0.29) is 5.91 Å². The van der Waals surface area contributed by atoms with Crippen molar-refractivity contribution in [2.45, 2.75) is 20.4 Å². The number of H-pyrrole nitrogens is 1. The SMILES string of the molecule is Cc1cc2nc(CN(C)C(=O)c3ccc(N(C)C)nc3)[nH]c2cc1C. The van der Waals surface area contributed by atoms with Crippen LogP contribution >= 0.6 is 0 Å². The number of aromatic amines is 1. The molecule has 0 spiro atoms. The fraction of sp³-hybridized carbons (Fsp3) is 0.316. The molecule has 6 nitrogen and oxygen atoms in total. The van der Waals surface area contributed by atoms with Crippen molar-refractivity contribution in [3.63, 3.8) is 0 Å². The lowest BCUT2D eigenvalue weighted by molar-refractivity contribution is 0.0781. The van der Waals surface area contributed by atoms with Crippen LogP contribution in [0.3, 0.4) is 0 Å². The number of anilines is 1. The van der Waals surface area contributed by atoms with Crippen molar-refractivity contribution in [2.24, 2.45) is 0 Å². The van der Waals surface area contributed by atoms with Gasteiger partial charge in [0, 0.05) is 27.3 Å². The molecule has 2 aromatic heterocycles. The maximum absolute atomic E-state index is 12.6.